The Morgan fingerprint density at radius 2 is 1.73 bits per heavy atom. The largest absolute Gasteiger partial charge is 0.410 e. The fraction of sp³-hybridized carbons (Fsp3) is 0.840. The molecule has 7 atom stereocenters. The van der Waals surface area contributed by atoms with Crippen LogP contribution < -0.4 is 0 Å². The van der Waals surface area contributed by atoms with Crippen LogP contribution in [0.25, 0.3) is 0 Å². The lowest BCUT2D eigenvalue weighted by Crippen LogP contribution is -2.55. The summed E-state index contributed by atoms with van der Waals surface area (Å²) in [6, 6.07) is 0. The lowest BCUT2D eigenvalue weighted by Gasteiger charge is -2.43. The molecule has 0 aromatic carbocycles. The van der Waals surface area contributed by atoms with E-state index in [0.29, 0.717) is 0 Å². The molecule has 1 rings (SSSR count). The molecular weight excluding hydrogens is 440 g/mol. The summed E-state index contributed by atoms with van der Waals surface area (Å²) in [6.45, 7) is 16.9. The molecule has 7 nitrogen and oxygen atoms in total. The number of epoxide rings is 1. The molecule has 0 aliphatic carbocycles. The summed E-state index contributed by atoms with van der Waals surface area (Å²) >= 11 is 0. The van der Waals surface area contributed by atoms with Crippen LogP contribution in [0.15, 0.2) is 12.2 Å². The van der Waals surface area contributed by atoms with Crippen molar-refractivity contribution in [3.63, 3.8) is 0 Å². The quantitative estimate of drug-likeness (QED) is 0.196. The minimum Gasteiger partial charge on any atom is -0.410 e. The van der Waals surface area contributed by atoms with Crippen molar-refractivity contribution in [2.24, 2.45) is 17.8 Å². The molecule has 1 aliphatic heterocycles. The van der Waals surface area contributed by atoms with Crippen molar-refractivity contribution >= 4 is 19.9 Å². The van der Waals surface area contributed by atoms with Crippen molar-refractivity contribution in [1.82, 2.24) is 0 Å². The number of Topliss-reactive ketones (excluding diaryl/α,β-unsaturated/α-hetero) is 2. The number of ether oxygens (including phenoxy) is 1. The van der Waals surface area contributed by atoms with Gasteiger partial charge in [0.1, 0.15) is 17.2 Å². The van der Waals surface area contributed by atoms with Gasteiger partial charge in [-0.2, -0.15) is 0 Å². The predicted octanol–water partition coefficient (Wildman–Crippen LogP) is 3.26. The van der Waals surface area contributed by atoms with Gasteiger partial charge in [-0.3, -0.25) is 9.59 Å². The number of carbonyl (C=O) groups is 2. The molecule has 1 fully saturated rings. The highest BCUT2D eigenvalue weighted by Crippen LogP contribution is 2.50. The molecule has 1 saturated heterocycles. The number of aliphatic hydroxyl groups excluding tert-OH is 3. The van der Waals surface area contributed by atoms with E-state index >= 15 is 0 Å². The van der Waals surface area contributed by atoms with Crippen LogP contribution in [0.5, 0.6) is 0 Å². The summed E-state index contributed by atoms with van der Waals surface area (Å²) in [4.78, 5) is 25.4. The molecule has 0 aromatic heterocycles. The summed E-state index contributed by atoms with van der Waals surface area (Å²) in [5.74, 6) is -2.80. The molecule has 0 saturated carbocycles. The molecule has 8 heteroatoms. The van der Waals surface area contributed by atoms with E-state index < -0.39 is 57.0 Å². The van der Waals surface area contributed by atoms with Crippen LogP contribution in [0.2, 0.25) is 18.1 Å². The summed E-state index contributed by atoms with van der Waals surface area (Å²) in [5, 5.41) is 30.7. The van der Waals surface area contributed by atoms with Crippen molar-refractivity contribution in [2.45, 2.75) is 103 Å². The Kier molecular flexibility index (Phi) is 10.7. The zero-order chi connectivity index (χ0) is 25.8. The Morgan fingerprint density at radius 1 is 1.18 bits per heavy atom. The number of allylic oxidation sites excluding steroid dienone is 1. The maximum Gasteiger partial charge on any atom is 0.192 e. The second-order valence-electron chi connectivity index (χ2n) is 11.1. The molecule has 192 valence electrons. The molecule has 0 unspecified atom stereocenters. The highest BCUT2D eigenvalue weighted by Gasteiger charge is 2.64. The Labute approximate surface area is 200 Å². The number of hydrogen-bond donors (Lipinski definition) is 3. The molecule has 0 aromatic rings. The van der Waals surface area contributed by atoms with Crippen LogP contribution in [0.1, 0.15) is 61.3 Å². The fourth-order valence-corrected chi connectivity index (χ4v) is 5.51. The standard InChI is InChI=1S/C25H46O7Si/c1-10-12-16(3)22-25(7,31-22)23(32-33(8,9)24(4,5)6)19(15-27)21(30)18(14-26)20(29)13-17(28)11-2/h10,12,16,18-20,22-23,26-27,29H,11,13-15H2,1-9H3/b12-10-/t16-,18-,19-,20-,22+,23-,25+/m0/s1. The van der Waals surface area contributed by atoms with Crippen molar-refractivity contribution in [3.05, 3.63) is 12.2 Å². The molecule has 0 radical (unpaired) electrons. The Bertz CT molecular complexity index is 699. The lowest BCUT2D eigenvalue weighted by atomic mass is 9.79. The fourth-order valence-electron chi connectivity index (χ4n) is 4.13. The third-order valence-corrected chi connectivity index (χ3v) is 11.9. The topological polar surface area (TPSA) is 117 Å². The van der Waals surface area contributed by atoms with E-state index in [1.807, 2.05) is 32.9 Å². The lowest BCUT2D eigenvalue weighted by molar-refractivity contribution is -0.140. The van der Waals surface area contributed by atoms with Gasteiger partial charge in [0.25, 0.3) is 0 Å². The van der Waals surface area contributed by atoms with Gasteiger partial charge in [0.15, 0.2) is 8.32 Å². The van der Waals surface area contributed by atoms with E-state index in [1.165, 1.54) is 0 Å². The van der Waals surface area contributed by atoms with Gasteiger partial charge in [0.2, 0.25) is 0 Å². The average Bonchev–Trinajstić information content (AvgIpc) is 3.40. The van der Waals surface area contributed by atoms with Gasteiger partial charge in [-0.15, -0.1) is 0 Å². The molecule has 1 aliphatic rings. The van der Waals surface area contributed by atoms with Crippen LogP contribution >= 0.6 is 0 Å². The molecule has 1 heterocycles. The van der Waals surface area contributed by atoms with Crippen molar-refractivity contribution in [2.75, 3.05) is 13.2 Å². The van der Waals surface area contributed by atoms with Crippen LogP contribution in [0.3, 0.4) is 0 Å². The van der Waals surface area contributed by atoms with E-state index in [1.54, 1.807) is 6.92 Å². The summed E-state index contributed by atoms with van der Waals surface area (Å²) in [7, 11) is -2.39. The van der Waals surface area contributed by atoms with Gasteiger partial charge < -0.3 is 24.5 Å². The number of hydrogen-bond acceptors (Lipinski definition) is 7. The first kappa shape index (κ1) is 30.1. The Morgan fingerprint density at radius 3 is 2.15 bits per heavy atom. The minimum atomic E-state index is -2.39. The van der Waals surface area contributed by atoms with Crippen LogP contribution in [0, 0.1) is 17.8 Å². The average molecular weight is 487 g/mol. The first-order valence-corrected chi connectivity index (χ1v) is 15.0. The SMILES string of the molecule is C/C=C\[C@H](C)[C@H]1O[C@@]1(C)[C@@H](O[Si](C)(C)C(C)(C)C)[C@@H](CO)C(=O)[C@@H](CO)[C@@H](O)CC(=O)CC. The molecule has 3 N–H and O–H groups in total. The third kappa shape index (κ3) is 7.05. The normalized spacial score (nSPS) is 26.0. The zero-order valence-electron chi connectivity index (χ0n) is 21.9. The zero-order valence-corrected chi connectivity index (χ0v) is 22.9. The van der Waals surface area contributed by atoms with E-state index in [-0.39, 0.29) is 35.7 Å². The van der Waals surface area contributed by atoms with Gasteiger partial charge >= 0.3 is 0 Å². The molecule has 33 heavy (non-hydrogen) atoms. The monoisotopic (exact) mass is 486 g/mol. The Balaban J connectivity index is 3.36. The smallest absolute Gasteiger partial charge is 0.192 e. The number of ketones is 2. The second kappa shape index (κ2) is 11.7. The van der Waals surface area contributed by atoms with E-state index in [4.69, 9.17) is 9.16 Å². The van der Waals surface area contributed by atoms with Crippen LogP contribution in [-0.2, 0) is 18.8 Å². The van der Waals surface area contributed by atoms with Gasteiger partial charge in [-0.1, -0.05) is 46.8 Å². The van der Waals surface area contributed by atoms with E-state index in [0.717, 1.165) is 0 Å². The van der Waals surface area contributed by atoms with E-state index in [9.17, 15) is 24.9 Å². The van der Waals surface area contributed by atoms with Crippen molar-refractivity contribution in [3.8, 4) is 0 Å². The van der Waals surface area contributed by atoms with Gasteiger partial charge in [-0.05, 0) is 32.0 Å². The predicted molar refractivity (Wildman–Crippen MR) is 131 cm³/mol. The number of rotatable bonds is 14. The van der Waals surface area contributed by atoms with Gasteiger partial charge in [0.05, 0.1) is 43.4 Å². The van der Waals surface area contributed by atoms with Crippen LogP contribution in [-0.4, -0.2) is 72.3 Å². The van der Waals surface area contributed by atoms with Crippen LogP contribution in [0.4, 0.5) is 0 Å². The first-order valence-electron chi connectivity index (χ1n) is 12.0. The number of carbonyl (C=O) groups excluding carboxylic acids is 2. The maximum absolute atomic E-state index is 13.5. The third-order valence-electron chi connectivity index (χ3n) is 7.44. The molecule has 0 amide bonds. The van der Waals surface area contributed by atoms with Crippen molar-refractivity contribution in [1.29, 1.82) is 0 Å². The highest BCUT2D eigenvalue weighted by molar-refractivity contribution is 6.74. The highest BCUT2D eigenvalue weighted by atomic mass is 28.4. The Hall–Kier alpha value is -0.903. The van der Waals surface area contributed by atoms with Gasteiger partial charge in [0, 0.05) is 18.8 Å². The summed E-state index contributed by atoms with van der Waals surface area (Å²) in [5.41, 5.74) is -0.804. The van der Waals surface area contributed by atoms with Crippen molar-refractivity contribution < 1.29 is 34.1 Å². The summed E-state index contributed by atoms with van der Waals surface area (Å²) in [6.07, 6.45) is 1.75. The second-order valence-corrected chi connectivity index (χ2v) is 15.8. The molecule has 0 spiro atoms. The molecular formula is C25H46O7Si. The maximum atomic E-state index is 13.5. The van der Waals surface area contributed by atoms with Gasteiger partial charge in [-0.25, -0.2) is 0 Å². The number of aliphatic hydroxyl groups is 3. The first-order chi connectivity index (χ1) is 15.1. The minimum absolute atomic E-state index is 0.0846. The van der Waals surface area contributed by atoms with E-state index in [2.05, 4.69) is 33.9 Å². The summed E-state index contributed by atoms with van der Waals surface area (Å²) < 4.78 is 12.8. The molecule has 0 bridgehead atoms.